The predicted octanol–water partition coefficient (Wildman–Crippen LogP) is 1.79. The van der Waals surface area contributed by atoms with Gasteiger partial charge >= 0.3 is 0 Å². The van der Waals surface area contributed by atoms with E-state index in [2.05, 4.69) is 11.4 Å². The lowest BCUT2D eigenvalue weighted by molar-refractivity contribution is 0.0455. The lowest BCUT2D eigenvalue weighted by Gasteiger charge is -2.25. The van der Waals surface area contributed by atoms with Crippen molar-refractivity contribution in [2.75, 3.05) is 26.0 Å². The van der Waals surface area contributed by atoms with Gasteiger partial charge < -0.3 is 10.1 Å². The van der Waals surface area contributed by atoms with E-state index in [4.69, 9.17) is 10.00 Å². The minimum atomic E-state index is -0.343. The Hall–Kier alpha value is -0.240. The molecule has 1 aliphatic heterocycles. The highest BCUT2D eigenvalue weighted by molar-refractivity contribution is 8.00. The number of nitrogens with zero attached hydrogens (tertiary/aromatic N) is 1. The Kier molecular flexibility index (Phi) is 5.44. The van der Waals surface area contributed by atoms with E-state index in [0.29, 0.717) is 0 Å². The highest BCUT2D eigenvalue weighted by Gasteiger charge is 2.21. The third-order valence-corrected chi connectivity index (χ3v) is 4.10. The monoisotopic (exact) mass is 228 g/mol. The molecule has 0 bridgehead atoms. The summed E-state index contributed by atoms with van der Waals surface area (Å²) < 4.78 is 5.11. The molecule has 0 aromatic rings. The second-order valence-corrected chi connectivity index (χ2v) is 5.59. The lowest BCUT2D eigenvalue weighted by atomic mass is 9.97. The van der Waals surface area contributed by atoms with Gasteiger partial charge in [0, 0.05) is 0 Å². The molecule has 0 aromatic heterocycles. The molecule has 1 atom stereocenters. The van der Waals surface area contributed by atoms with E-state index in [1.165, 1.54) is 12.2 Å². The number of hydrogen-bond donors (Lipinski definition) is 1. The summed E-state index contributed by atoms with van der Waals surface area (Å²) in [6.45, 7) is 3.81. The van der Waals surface area contributed by atoms with Gasteiger partial charge in [0.1, 0.15) is 5.54 Å². The van der Waals surface area contributed by atoms with E-state index in [9.17, 15) is 0 Å². The van der Waals surface area contributed by atoms with Gasteiger partial charge in [-0.1, -0.05) is 0 Å². The average Bonchev–Trinajstić information content (AvgIpc) is 2.20. The highest BCUT2D eigenvalue weighted by atomic mass is 32.2. The molecular weight excluding hydrogens is 208 g/mol. The summed E-state index contributed by atoms with van der Waals surface area (Å²) in [6.07, 6.45) is 3.24. The molecule has 1 N–H and O–H groups in total. The topological polar surface area (TPSA) is 45.0 Å². The van der Waals surface area contributed by atoms with Crippen LogP contribution in [-0.2, 0) is 4.74 Å². The molecule has 0 radical (unpaired) electrons. The van der Waals surface area contributed by atoms with Gasteiger partial charge in [-0.05, 0) is 39.0 Å². The Bertz CT molecular complexity index is 225. The quantitative estimate of drug-likeness (QED) is 0.675. The Morgan fingerprint density at radius 3 is 2.73 bits per heavy atom. The van der Waals surface area contributed by atoms with Gasteiger partial charge in [0.2, 0.25) is 0 Å². The Balaban J connectivity index is 1.98. The molecule has 0 aliphatic carbocycles. The van der Waals surface area contributed by atoms with E-state index in [-0.39, 0.29) is 5.54 Å². The van der Waals surface area contributed by atoms with Crippen molar-refractivity contribution in [2.45, 2.75) is 37.0 Å². The van der Waals surface area contributed by atoms with Crippen LogP contribution in [0.2, 0.25) is 0 Å². The van der Waals surface area contributed by atoms with E-state index in [0.717, 1.165) is 31.3 Å². The maximum atomic E-state index is 8.94. The van der Waals surface area contributed by atoms with Crippen LogP contribution in [0.4, 0.5) is 0 Å². The second kappa shape index (κ2) is 6.37. The van der Waals surface area contributed by atoms with Crippen molar-refractivity contribution in [1.82, 2.24) is 5.32 Å². The van der Waals surface area contributed by atoms with Gasteiger partial charge in [0.15, 0.2) is 0 Å². The maximum Gasteiger partial charge on any atom is 0.103 e. The number of nitriles is 1. The molecule has 86 valence electrons. The molecule has 1 unspecified atom stereocenters. The first-order chi connectivity index (χ1) is 7.20. The number of thioether (sulfide) groups is 1. The molecule has 0 aromatic carbocycles. The molecular formula is C11H20N2OS. The van der Waals surface area contributed by atoms with Gasteiger partial charge in [0.05, 0.1) is 24.5 Å². The Labute approximate surface area is 96.6 Å². The van der Waals surface area contributed by atoms with Gasteiger partial charge in [-0.15, -0.1) is 0 Å². The lowest BCUT2D eigenvalue weighted by Crippen LogP contribution is -2.37. The highest BCUT2D eigenvalue weighted by Crippen LogP contribution is 2.21. The molecule has 1 rings (SSSR count). The fraction of sp³-hybridized carbons (Fsp3) is 0.909. The first-order valence-electron chi connectivity index (χ1n) is 5.50. The number of rotatable bonds is 7. The SMILES string of the molecule is CNC(C)(C#N)CCCCSC1COC1. The standard InChI is InChI=1S/C11H20N2OS/c1-11(9-12,13-2)5-3-4-6-15-10-7-14-8-10/h10,13H,3-8H2,1-2H3. The summed E-state index contributed by atoms with van der Waals surface area (Å²) in [6, 6.07) is 2.31. The van der Waals surface area contributed by atoms with Gasteiger partial charge in [-0.25, -0.2) is 0 Å². The largest absolute Gasteiger partial charge is 0.379 e. The predicted molar refractivity (Wildman–Crippen MR) is 64.0 cm³/mol. The molecule has 3 nitrogen and oxygen atoms in total. The summed E-state index contributed by atoms with van der Waals surface area (Å²) in [7, 11) is 1.85. The summed E-state index contributed by atoms with van der Waals surface area (Å²) in [4.78, 5) is 0. The molecule has 0 amide bonds. The minimum absolute atomic E-state index is 0.343. The fourth-order valence-electron chi connectivity index (χ4n) is 1.38. The maximum absolute atomic E-state index is 8.94. The van der Waals surface area contributed by atoms with E-state index in [1.54, 1.807) is 0 Å². The molecule has 0 saturated carbocycles. The van der Waals surface area contributed by atoms with Crippen LogP contribution in [0.25, 0.3) is 0 Å². The van der Waals surface area contributed by atoms with Crippen molar-refractivity contribution < 1.29 is 4.74 Å². The Morgan fingerprint density at radius 2 is 2.27 bits per heavy atom. The van der Waals surface area contributed by atoms with Gasteiger partial charge in [-0.3, -0.25) is 0 Å². The van der Waals surface area contributed by atoms with E-state index >= 15 is 0 Å². The first-order valence-corrected chi connectivity index (χ1v) is 6.54. The molecule has 1 aliphatic rings. The zero-order valence-corrected chi connectivity index (χ0v) is 10.4. The van der Waals surface area contributed by atoms with Crippen molar-refractivity contribution in [3.8, 4) is 6.07 Å². The molecule has 4 heteroatoms. The van der Waals surface area contributed by atoms with Gasteiger partial charge in [0.25, 0.3) is 0 Å². The number of ether oxygens (including phenoxy) is 1. The fourth-order valence-corrected chi connectivity index (χ4v) is 2.47. The van der Waals surface area contributed by atoms with Crippen LogP contribution in [0, 0.1) is 11.3 Å². The van der Waals surface area contributed by atoms with Crippen molar-refractivity contribution in [3.63, 3.8) is 0 Å². The minimum Gasteiger partial charge on any atom is -0.379 e. The first kappa shape index (κ1) is 12.8. The van der Waals surface area contributed by atoms with E-state index < -0.39 is 0 Å². The average molecular weight is 228 g/mol. The molecule has 1 fully saturated rings. The molecule has 15 heavy (non-hydrogen) atoms. The summed E-state index contributed by atoms with van der Waals surface area (Å²) >= 11 is 2.00. The zero-order chi connectivity index (χ0) is 11.1. The van der Waals surface area contributed by atoms with Crippen LogP contribution in [0.3, 0.4) is 0 Å². The van der Waals surface area contributed by atoms with Crippen molar-refractivity contribution >= 4 is 11.8 Å². The van der Waals surface area contributed by atoms with Crippen molar-refractivity contribution in [1.29, 1.82) is 5.26 Å². The van der Waals surface area contributed by atoms with Crippen molar-refractivity contribution in [3.05, 3.63) is 0 Å². The summed E-state index contributed by atoms with van der Waals surface area (Å²) in [5.41, 5.74) is -0.343. The van der Waals surface area contributed by atoms with Crippen LogP contribution in [0.15, 0.2) is 0 Å². The molecule has 0 spiro atoms. The third-order valence-electron chi connectivity index (χ3n) is 2.83. The number of unbranched alkanes of at least 4 members (excludes halogenated alkanes) is 1. The van der Waals surface area contributed by atoms with Crippen molar-refractivity contribution in [2.24, 2.45) is 0 Å². The van der Waals surface area contributed by atoms with Gasteiger partial charge in [-0.2, -0.15) is 17.0 Å². The van der Waals surface area contributed by atoms with Crippen LogP contribution >= 0.6 is 11.8 Å². The van der Waals surface area contributed by atoms with E-state index in [1.807, 2.05) is 25.7 Å². The van der Waals surface area contributed by atoms with Crippen LogP contribution in [0.5, 0.6) is 0 Å². The van der Waals surface area contributed by atoms with Crippen LogP contribution in [0.1, 0.15) is 26.2 Å². The molecule has 1 saturated heterocycles. The smallest absolute Gasteiger partial charge is 0.103 e. The number of nitrogens with one attached hydrogen (secondary N) is 1. The zero-order valence-electron chi connectivity index (χ0n) is 9.58. The molecule has 1 heterocycles. The van der Waals surface area contributed by atoms with Crippen LogP contribution in [-0.4, -0.2) is 36.8 Å². The number of hydrogen-bond acceptors (Lipinski definition) is 4. The Morgan fingerprint density at radius 1 is 1.53 bits per heavy atom. The van der Waals surface area contributed by atoms with Crippen LogP contribution < -0.4 is 5.32 Å². The third kappa shape index (κ3) is 4.42. The summed E-state index contributed by atoms with van der Waals surface area (Å²) in [5, 5.41) is 12.7. The second-order valence-electron chi connectivity index (χ2n) is 4.18. The normalized spacial score (nSPS) is 20.3. The summed E-state index contributed by atoms with van der Waals surface area (Å²) in [5.74, 6) is 1.19.